The first-order chi connectivity index (χ1) is 17.1. The number of hydrogen-bond donors (Lipinski definition) is 0. The number of benzene rings is 1. The molecule has 0 unspecified atom stereocenters. The molecule has 0 N–H and O–H groups in total. The quantitative estimate of drug-likeness (QED) is 0.341. The Hall–Kier alpha value is -3.46. The first kappa shape index (κ1) is 26.2. The molecule has 0 atom stereocenters. The Labute approximate surface area is 206 Å². The summed E-state index contributed by atoms with van der Waals surface area (Å²) in [7, 11) is 3.24. The third kappa shape index (κ3) is 8.68. The number of oxime groups is 1. The second kappa shape index (κ2) is 14.1. The molecule has 9 heteroatoms. The van der Waals surface area contributed by atoms with Crippen LogP contribution in [0, 0.1) is 0 Å². The van der Waals surface area contributed by atoms with Crippen LogP contribution < -0.4 is 4.74 Å². The average Bonchev–Trinajstić information content (AvgIpc) is 2.90. The predicted molar refractivity (Wildman–Crippen MR) is 132 cm³/mol. The molecule has 0 saturated carbocycles. The zero-order valence-electron chi connectivity index (χ0n) is 20.5. The van der Waals surface area contributed by atoms with E-state index in [1.54, 1.807) is 26.4 Å². The van der Waals surface area contributed by atoms with E-state index in [9.17, 15) is 9.59 Å². The lowest BCUT2D eigenvalue weighted by Crippen LogP contribution is -2.44. The summed E-state index contributed by atoms with van der Waals surface area (Å²) in [6.45, 7) is 2.24. The van der Waals surface area contributed by atoms with Gasteiger partial charge in [-0.2, -0.15) is 0 Å². The summed E-state index contributed by atoms with van der Waals surface area (Å²) >= 11 is 0. The minimum absolute atomic E-state index is 0.0274. The van der Waals surface area contributed by atoms with Crippen molar-refractivity contribution in [3.63, 3.8) is 0 Å². The number of likely N-dealkylation sites (tertiary alicyclic amines) is 1. The number of likely N-dealkylation sites (N-methyl/N-ethyl adjacent to an activating group) is 1. The highest BCUT2D eigenvalue weighted by molar-refractivity contribution is 6.00. The Morgan fingerprint density at radius 1 is 1.09 bits per heavy atom. The lowest BCUT2D eigenvalue weighted by atomic mass is 10.1. The number of pyridine rings is 1. The van der Waals surface area contributed by atoms with Gasteiger partial charge < -0.3 is 24.1 Å². The van der Waals surface area contributed by atoms with Gasteiger partial charge in [0.2, 0.25) is 11.8 Å². The van der Waals surface area contributed by atoms with Crippen molar-refractivity contribution in [3.05, 3.63) is 59.8 Å². The van der Waals surface area contributed by atoms with E-state index < -0.39 is 0 Å². The minimum atomic E-state index is -0.280. The smallest absolute Gasteiger partial charge is 0.260 e. The molecule has 1 aliphatic heterocycles. The predicted octanol–water partition coefficient (Wildman–Crippen LogP) is 2.89. The number of hydrogen-bond acceptors (Lipinski definition) is 7. The van der Waals surface area contributed by atoms with E-state index in [0.717, 1.165) is 43.5 Å². The fraction of sp³-hybridized carbons (Fsp3) is 0.462. The molecule has 0 bridgehead atoms. The van der Waals surface area contributed by atoms with Crippen molar-refractivity contribution in [2.24, 2.45) is 5.16 Å². The summed E-state index contributed by atoms with van der Waals surface area (Å²) in [6.07, 6.45) is 5.38. The summed E-state index contributed by atoms with van der Waals surface area (Å²) in [6, 6.07) is 13.3. The van der Waals surface area contributed by atoms with Crippen LogP contribution in [0.4, 0.5) is 0 Å². The molecule has 2 aromatic rings. The van der Waals surface area contributed by atoms with Crippen molar-refractivity contribution in [1.82, 2.24) is 14.8 Å². The number of nitrogens with zero attached hydrogens (tertiary/aromatic N) is 4. The lowest BCUT2D eigenvalue weighted by Gasteiger charge is -2.28. The number of methoxy groups -OCH3 is 1. The van der Waals surface area contributed by atoms with Gasteiger partial charge in [0.15, 0.2) is 6.61 Å². The maximum absolute atomic E-state index is 12.4. The van der Waals surface area contributed by atoms with E-state index in [0.29, 0.717) is 31.2 Å². The van der Waals surface area contributed by atoms with E-state index in [2.05, 4.69) is 10.1 Å². The van der Waals surface area contributed by atoms with E-state index >= 15 is 0 Å². The van der Waals surface area contributed by atoms with Crippen molar-refractivity contribution in [3.8, 4) is 5.88 Å². The summed E-state index contributed by atoms with van der Waals surface area (Å²) in [5, 5.41) is 4.28. The minimum Gasteiger partial charge on any atom is -0.468 e. The number of ether oxygens (including phenoxy) is 2. The van der Waals surface area contributed by atoms with Crippen molar-refractivity contribution < 1.29 is 23.9 Å². The number of aromatic nitrogens is 1. The number of carbonyl (C=O) groups is 2. The van der Waals surface area contributed by atoms with Gasteiger partial charge in [-0.05, 0) is 30.9 Å². The summed E-state index contributed by atoms with van der Waals surface area (Å²) in [5.41, 5.74) is 2.50. The third-order valence-electron chi connectivity index (χ3n) is 5.71. The molecule has 0 spiro atoms. The van der Waals surface area contributed by atoms with Crippen LogP contribution in [-0.2, 0) is 25.8 Å². The fourth-order valence-corrected chi connectivity index (χ4v) is 3.62. The molecule has 1 saturated heterocycles. The van der Waals surface area contributed by atoms with E-state index in [1.165, 1.54) is 4.90 Å². The van der Waals surface area contributed by atoms with Gasteiger partial charge in [-0.1, -0.05) is 35.5 Å². The van der Waals surface area contributed by atoms with Crippen LogP contribution >= 0.6 is 0 Å². The number of rotatable bonds is 12. The molecule has 2 heterocycles. The maximum Gasteiger partial charge on any atom is 0.260 e. The Balaban J connectivity index is 1.50. The fourth-order valence-electron chi connectivity index (χ4n) is 3.62. The molecular formula is C26H34N4O5. The molecule has 0 aliphatic carbocycles. The molecule has 9 nitrogen and oxygen atoms in total. The van der Waals surface area contributed by atoms with Crippen molar-refractivity contribution in [1.29, 1.82) is 0 Å². The molecular weight excluding hydrogens is 448 g/mol. The molecule has 3 rings (SSSR count). The highest BCUT2D eigenvalue weighted by atomic mass is 16.6. The maximum atomic E-state index is 12.4. The first-order valence-corrected chi connectivity index (χ1v) is 11.9. The molecule has 0 radical (unpaired) electrons. The number of carbonyl (C=O) groups excluding carboxylic acids is 2. The van der Waals surface area contributed by atoms with Crippen LogP contribution in [0.15, 0.2) is 53.8 Å². The van der Waals surface area contributed by atoms with E-state index in [-0.39, 0.29) is 25.0 Å². The van der Waals surface area contributed by atoms with Crippen LogP contribution in [-0.4, -0.2) is 79.3 Å². The Morgan fingerprint density at radius 2 is 1.86 bits per heavy atom. The molecule has 1 aromatic heterocycles. The van der Waals surface area contributed by atoms with Gasteiger partial charge in [-0.25, -0.2) is 4.98 Å². The van der Waals surface area contributed by atoms with Crippen molar-refractivity contribution in [2.45, 2.75) is 32.3 Å². The highest BCUT2D eigenvalue weighted by Gasteiger charge is 2.20. The first-order valence-electron chi connectivity index (χ1n) is 11.9. The number of piperidine rings is 1. The van der Waals surface area contributed by atoms with Gasteiger partial charge in [0, 0.05) is 51.5 Å². The van der Waals surface area contributed by atoms with Crippen LogP contribution in [0.25, 0.3) is 0 Å². The molecule has 188 valence electrons. The summed E-state index contributed by atoms with van der Waals surface area (Å²) in [5.74, 6) is 0.00688. The lowest BCUT2D eigenvalue weighted by molar-refractivity contribution is -0.141. The van der Waals surface area contributed by atoms with Crippen molar-refractivity contribution in [2.75, 3.05) is 47.0 Å². The van der Waals surface area contributed by atoms with Crippen LogP contribution in [0.5, 0.6) is 5.88 Å². The largest absolute Gasteiger partial charge is 0.468 e. The molecule has 35 heavy (non-hydrogen) atoms. The van der Waals surface area contributed by atoms with Crippen LogP contribution in [0.2, 0.25) is 0 Å². The monoisotopic (exact) mass is 482 g/mol. The highest BCUT2D eigenvalue weighted by Crippen LogP contribution is 2.12. The normalized spacial score (nSPS) is 13.9. The molecule has 1 fully saturated rings. The zero-order chi connectivity index (χ0) is 24.9. The van der Waals surface area contributed by atoms with Gasteiger partial charge in [0.05, 0.1) is 18.9 Å². The van der Waals surface area contributed by atoms with Gasteiger partial charge in [-0.3, -0.25) is 9.59 Å². The van der Waals surface area contributed by atoms with Crippen LogP contribution in [0.3, 0.4) is 0 Å². The van der Waals surface area contributed by atoms with Gasteiger partial charge in [-0.15, -0.1) is 0 Å². The molecule has 1 aliphatic rings. The van der Waals surface area contributed by atoms with Crippen LogP contribution in [0.1, 0.15) is 36.8 Å². The van der Waals surface area contributed by atoms with Gasteiger partial charge in [0.1, 0.15) is 6.61 Å². The van der Waals surface area contributed by atoms with E-state index in [4.69, 9.17) is 14.3 Å². The SMILES string of the molecule is COCC/C(=N\OCc1ccccc1)c1ccc(OCC(=O)N(C)CC(=O)N2CCCCC2)nc1. The summed E-state index contributed by atoms with van der Waals surface area (Å²) in [4.78, 5) is 37.8. The topological polar surface area (TPSA) is 93.6 Å². The molecule has 2 amide bonds. The Kier molecular flexibility index (Phi) is 10.5. The van der Waals surface area contributed by atoms with Gasteiger partial charge >= 0.3 is 0 Å². The Morgan fingerprint density at radius 3 is 2.54 bits per heavy atom. The van der Waals surface area contributed by atoms with Crippen molar-refractivity contribution >= 4 is 17.5 Å². The molecule has 1 aromatic carbocycles. The second-order valence-corrected chi connectivity index (χ2v) is 8.40. The third-order valence-corrected chi connectivity index (χ3v) is 5.71. The van der Waals surface area contributed by atoms with E-state index in [1.807, 2.05) is 41.3 Å². The standard InChI is InChI=1S/C26H34N4O5/c1-29(18-25(31)30-14-7-4-8-15-30)26(32)20-34-24-12-11-22(17-27-24)23(13-16-33-2)28-35-19-21-9-5-3-6-10-21/h3,5-6,9-12,17H,4,7-8,13-16,18-20H2,1-2H3/b28-23+. The average molecular weight is 483 g/mol. The zero-order valence-corrected chi connectivity index (χ0v) is 20.5. The van der Waals surface area contributed by atoms with Gasteiger partial charge in [0.25, 0.3) is 5.91 Å². The second-order valence-electron chi connectivity index (χ2n) is 8.40. The number of amides is 2. The summed E-state index contributed by atoms with van der Waals surface area (Å²) < 4.78 is 10.7. The Bertz CT molecular complexity index is 959.